The summed E-state index contributed by atoms with van der Waals surface area (Å²) in [5.74, 6) is 0.218. The number of nitrogens with two attached hydrogens (primary N) is 1. The number of ether oxygens (including phenoxy) is 2. The monoisotopic (exact) mass is 582 g/mol. The van der Waals surface area contributed by atoms with Crippen molar-refractivity contribution in [1.29, 1.82) is 0 Å². The Morgan fingerprint density at radius 3 is 2.67 bits per heavy atom. The minimum absolute atomic E-state index is 0.196. The highest BCUT2D eigenvalue weighted by Crippen LogP contribution is 2.48. The van der Waals surface area contributed by atoms with Crippen LogP contribution in [-0.2, 0) is 23.4 Å². The van der Waals surface area contributed by atoms with E-state index in [9.17, 15) is 14.5 Å². The van der Waals surface area contributed by atoms with Gasteiger partial charge < -0.3 is 24.8 Å². The van der Waals surface area contributed by atoms with Crippen LogP contribution in [0.1, 0.15) is 39.7 Å². The smallest absolute Gasteiger partial charge is 0.459 e. The fourth-order valence-electron chi connectivity index (χ4n) is 4.08. The number of anilines is 1. The molecule has 1 fully saturated rings. The third-order valence-corrected chi connectivity index (χ3v) is 8.02. The topological polar surface area (TPSA) is 173 Å². The third kappa shape index (κ3) is 6.34. The lowest BCUT2D eigenvalue weighted by molar-refractivity contribution is -0.149. The largest absolute Gasteiger partial charge is 0.462 e. The number of alkyl halides is 1. The molecule has 6 atom stereocenters. The Bertz CT molecular complexity index is 1370. The fourth-order valence-corrected chi connectivity index (χ4v) is 5.88. The number of benzene rings is 1. The van der Waals surface area contributed by atoms with Crippen LogP contribution in [0.2, 0.25) is 0 Å². The highest BCUT2D eigenvalue weighted by Gasteiger charge is 2.54. The van der Waals surface area contributed by atoms with Crippen LogP contribution in [0, 0.1) is 6.92 Å². The van der Waals surface area contributed by atoms with Crippen LogP contribution in [0.5, 0.6) is 5.75 Å². The van der Waals surface area contributed by atoms with E-state index < -0.39 is 49.7 Å². The summed E-state index contributed by atoms with van der Waals surface area (Å²) >= 11 is 6.77. The number of hydrogen-bond acceptors (Lipinski definition) is 11. The first-order valence-corrected chi connectivity index (χ1v) is 14.2. The van der Waals surface area contributed by atoms with Crippen LogP contribution in [0.4, 0.5) is 5.82 Å². The standard InChI is InChI=1S/C24H32ClN6O7P/c1-13(2)36-22(33)14(3)30-39(34,38-16-9-7-6-8-10-16)35-11-17-19(32)24(5,25)23(37-17)31-12-27-18-20(26)28-15(4)29-21(18)31/h6-10,12-14,17,19,23,32H,11H2,1-5H3,(H,30,34)(H2,26,28,29)/t14-,17+,19+,23+,24+,39-/m0/s1. The van der Waals surface area contributed by atoms with Crippen LogP contribution in [0.15, 0.2) is 36.7 Å². The number of aliphatic hydroxyl groups excluding tert-OH is 1. The molecule has 1 aliphatic heterocycles. The highest BCUT2D eigenvalue weighted by atomic mass is 35.5. The van der Waals surface area contributed by atoms with Crippen molar-refractivity contribution < 1.29 is 33.0 Å². The minimum Gasteiger partial charge on any atom is -0.462 e. The molecule has 4 rings (SSSR count). The first-order valence-electron chi connectivity index (χ1n) is 12.3. The summed E-state index contributed by atoms with van der Waals surface area (Å²) in [6.07, 6.45) is -2.17. The molecule has 3 heterocycles. The van der Waals surface area contributed by atoms with E-state index in [0.717, 1.165) is 0 Å². The molecular formula is C24H32ClN6O7P. The first kappa shape index (κ1) is 29.2. The Morgan fingerprint density at radius 1 is 1.31 bits per heavy atom. The second kappa shape index (κ2) is 11.4. The number of aromatic nitrogens is 4. The summed E-state index contributed by atoms with van der Waals surface area (Å²) in [6.45, 7) is 7.75. The van der Waals surface area contributed by atoms with Gasteiger partial charge in [0, 0.05) is 0 Å². The predicted molar refractivity (Wildman–Crippen MR) is 143 cm³/mol. The molecular weight excluding hydrogens is 551 g/mol. The maximum Gasteiger partial charge on any atom is 0.459 e. The molecule has 15 heteroatoms. The number of aryl methyl sites for hydroxylation is 1. The fraction of sp³-hybridized carbons (Fsp3) is 0.500. The van der Waals surface area contributed by atoms with Crippen LogP contribution in [0.3, 0.4) is 0 Å². The van der Waals surface area contributed by atoms with Gasteiger partial charge in [-0.15, -0.1) is 11.6 Å². The van der Waals surface area contributed by atoms with Crippen molar-refractivity contribution in [3.63, 3.8) is 0 Å². The number of carbonyl (C=O) groups is 1. The van der Waals surface area contributed by atoms with Gasteiger partial charge in [0.05, 0.1) is 19.0 Å². The highest BCUT2D eigenvalue weighted by molar-refractivity contribution is 7.52. The Kier molecular flexibility index (Phi) is 8.50. The molecule has 0 unspecified atom stereocenters. The Hall–Kier alpha value is -2.80. The van der Waals surface area contributed by atoms with Gasteiger partial charge in [0.2, 0.25) is 0 Å². The number of para-hydroxylation sites is 1. The quantitative estimate of drug-likeness (QED) is 0.181. The lowest BCUT2D eigenvalue weighted by Crippen LogP contribution is -2.40. The summed E-state index contributed by atoms with van der Waals surface area (Å²) in [7, 11) is -4.19. The van der Waals surface area contributed by atoms with Gasteiger partial charge in [-0.1, -0.05) is 18.2 Å². The average molecular weight is 583 g/mol. The van der Waals surface area contributed by atoms with Gasteiger partial charge in [-0.2, -0.15) is 5.09 Å². The van der Waals surface area contributed by atoms with Gasteiger partial charge in [0.15, 0.2) is 17.7 Å². The van der Waals surface area contributed by atoms with Crippen molar-refractivity contribution in [1.82, 2.24) is 24.6 Å². The lowest BCUT2D eigenvalue weighted by atomic mass is 10.0. The van der Waals surface area contributed by atoms with Gasteiger partial charge in [-0.25, -0.2) is 19.5 Å². The summed E-state index contributed by atoms with van der Waals surface area (Å²) in [6, 6.07) is 7.28. The third-order valence-electron chi connectivity index (χ3n) is 5.96. The van der Waals surface area contributed by atoms with Crippen LogP contribution in [-0.4, -0.2) is 66.4 Å². The number of esters is 1. The molecule has 0 amide bonds. The number of nitrogen functional groups attached to an aromatic ring is 1. The van der Waals surface area contributed by atoms with E-state index in [0.29, 0.717) is 17.0 Å². The predicted octanol–water partition coefficient (Wildman–Crippen LogP) is 3.11. The molecule has 0 saturated carbocycles. The zero-order valence-electron chi connectivity index (χ0n) is 22.1. The van der Waals surface area contributed by atoms with Gasteiger partial charge in [0.25, 0.3) is 0 Å². The molecule has 212 valence electrons. The molecule has 3 aromatic rings. The Balaban J connectivity index is 1.55. The number of halogens is 1. The number of imidazole rings is 1. The van der Waals surface area contributed by atoms with Gasteiger partial charge in [0.1, 0.15) is 40.2 Å². The summed E-state index contributed by atoms with van der Waals surface area (Å²) in [5.41, 5.74) is 6.72. The van der Waals surface area contributed by atoms with Crippen molar-refractivity contribution in [2.75, 3.05) is 12.3 Å². The van der Waals surface area contributed by atoms with E-state index in [1.54, 1.807) is 62.6 Å². The summed E-state index contributed by atoms with van der Waals surface area (Å²) < 4.78 is 38.0. The number of carbonyl (C=O) groups excluding carboxylic acids is 1. The second-order valence-corrected chi connectivity index (χ2v) is 12.1. The Labute approximate surface area is 230 Å². The van der Waals surface area contributed by atoms with Crippen LogP contribution >= 0.6 is 19.3 Å². The molecule has 0 aliphatic carbocycles. The first-order chi connectivity index (χ1) is 18.3. The lowest BCUT2D eigenvalue weighted by Gasteiger charge is -2.26. The number of nitrogens with zero attached hydrogens (tertiary/aromatic N) is 4. The number of nitrogens with one attached hydrogen (secondary N) is 1. The van der Waals surface area contributed by atoms with E-state index >= 15 is 0 Å². The van der Waals surface area contributed by atoms with E-state index in [1.165, 1.54) is 13.3 Å². The number of aliphatic hydroxyl groups is 1. The number of hydrogen-bond donors (Lipinski definition) is 3. The van der Waals surface area contributed by atoms with Crippen LogP contribution in [0.25, 0.3) is 11.2 Å². The maximum absolute atomic E-state index is 13.8. The van der Waals surface area contributed by atoms with E-state index in [-0.39, 0.29) is 17.7 Å². The van der Waals surface area contributed by atoms with Crippen LogP contribution < -0.4 is 15.3 Å². The minimum atomic E-state index is -4.19. The summed E-state index contributed by atoms with van der Waals surface area (Å²) in [4.78, 5) is 23.8. The Morgan fingerprint density at radius 2 is 2.00 bits per heavy atom. The number of fused-ring (bicyclic) bond motifs is 1. The van der Waals surface area contributed by atoms with E-state index in [2.05, 4.69) is 20.0 Å². The molecule has 13 nitrogen and oxygen atoms in total. The van der Waals surface area contributed by atoms with Crippen molar-refractivity contribution in [2.45, 2.75) is 70.1 Å². The molecule has 0 spiro atoms. The SMILES string of the molecule is Cc1nc(N)c2ncn([C@@H]3O[C@H](CO[P@@](=O)(N[C@@H](C)C(=O)OC(C)C)Oc4ccccc4)[C@@H](O)[C@@]3(C)Cl)c2n1. The van der Waals surface area contributed by atoms with Crippen molar-refractivity contribution in [3.05, 3.63) is 42.5 Å². The van der Waals surface area contributed by atoms with E-state index in [4.69, 9.17) is 35.9 Å². The van der Waals surface area contributed by atoms with Crippen molar-refractivity contribution in [2.24, 2.45) is 0 Å². The number of rotatable bonds is 10. The molecule has 0 bridgehead atoms. The molecule has 1 aromatic carbocycles. The second-order valence-electron chi connectivity index (χ2n) is 9.64. The summed E-state index contributed by atoms with van der Waals surface area (Å²) in [5, 5.41) is 13.7. The maximum atomic E-state index is 13.8. The zero-order chi connectivity index (χ0) is 28.5. The zero-order valence-corrected chi connectivity index (χ0v) is 23.8. The molecule has 1 saturated heterocycles. The van der Waals surface area contributed by atoms with Crippen molar-refractivity contribution in [3.8, 4) is 5.75 Å². The van der Waals surface area contributed by atoms with Gasteiger partial charge in [-0.3, -0.25) is 13.9 Å². The normalized spacial score (nSPS) is 25.5. The molecule has 0 radical (unpaired) electrons. The molecule has 39 heavy (non-hydrogen) atoms. The molecule has 4 N–H and O–H groups in total. The van der Waals surface area contributed by atoms with Gasteiger partial charge >= 0.3 is 13.7 Å². The average Bonchev–Trinajstić information content (AvgIpc) is 3.36. The molecule has 1 aliphatic rings. The van der Waals surface area contributed by atoms with E-state index in [1.807, 2.05) is 0 Å². The van der Waals surface area contributed by atoms with Gasteiger partial charge in [-0.05, 0) is 46.8 Å². The van der Waals surface area contributed by atoms with Crippen molar-refractivity contribution >= 4 is 42.3 Å². The molecule has 2 aromatic heterocycles.